The summed E-state index contributed by atoms with van der Waals surface area (Å²) >= 11 is 0. The van der Waals surface area contributed by atoms with Crippen LogP contribution in [-0.2, 0) is 17.6 Å². The van der Waals surface area contributed by atoms with Crippen molar-refractivity contribution in [3.8, 4) is 0 Å². The molecule has 1 saturated carbocycles. The highest BCUT2D eigenvalue weighted by molar-refractivity contribution is 5.81. The molecule has 5 nitrogen and oxygen atoms in total. The van der Waals surface area contributed by atoms with Crippen LogP contribution >= 0.6 is 0 Å². The number of carbonyl (C=O) groups excluding carboxylic acids is 1. The number of nitrogens with one attached hydrogen (secondary N) is 2. The van der Waals surface area contributed by atoms with Gasteiger partial charge in [0.05, 0.1) is 6.04 Å². The Balaban J connectivity index is 0.000000263. The zero-order chi connectivity index (χ0) is 29.5. The maximum absolute atomic E-state index is 11.7. The van der Waals surface area contributed by atoms with Gasteiger partial charge in [0, 0.05) is 44.0 Å². The maximum atomic E-state index is 11.7. The molecule has 5 heteroatoms. The van der Waals surface area contributed by atoms with Gasteiger partial charge >= 0.3 is 0 Å². The molecule has 0 spiro atoms. The van der Waals surface area contributed by atoms with E-state index in [1.807, 2.05) is 14.0 Å². The Kier molecular flexibility index (Phi) is 14.5. The molecule has 1 aliphatic carbocycles. The van der Waals surface area contributed by atoms with Crippen LogP contribution in [0, 0.1) is 5.92 Å². The maximum Gasteiger partial charge on any atom is 0.237 e. The molecule has 1 heterocycles. The van der Waals surface area contributed by atoms with Crippen molar-refractivity contribution in [3.05, 3.63) is 84.1 Å². The van der Waals surface area contributed by atoms with E-state index < -0.39 is 0 Å². The van der Waals surface area contributed by atoms with Gasteiger partial charge in [-0.3, -0.25) is 4.79 Å². The first-order valence-electron chi connectivity index (χ1n) is 16.1. The fourth-order valence-electron chi connectivity index (χ4n) is 6.22. The van der Waals surface area contributed by atoms with Crippen LogP contribution < -0.4 is 10.6 Å². The normalized spacial score (nSPS) is 18.9. The minimum atomic E-state index is -0.0870. The van der Waals surface area contributed by atoms with Gasteiger partial charge in [-0.1, -0.05) is 86.5 Å². The van der Waals surface area contributed by atoms with E-state index in [0.717, 1.165) is 32.5 Å². The molecule has 0 radical (unpaired) electrons. The molecule has 3 atom stereocenters. The summed E-state index contributed by atoms with van der Waals surface area (Å²) in [4.78, 5) is 16.8. The predicted octanol–water partition coefficient (Wildman–Crippen LogP) is 6.45. The minimum absolute atomic E-state index is 0.0870. The summed E-state index contributed by atoms with van der Waals surface area (Å²) in [5.74, 6) is 0.808. The second kappa shape index (κ2) is 18.0. The van der Waals surface area contributed by atoms with Gasteiger partial charge in [-0.2, -0.15) is 0 Å². The molecule has 2 N–H and O–H groups in total. The summed E-state index contributed by atoms with van der Waals surface area (Å²) in [5, 5.41) is 6.06. The first-order chi connectivity index (χ1) is 19.9. The number of likely N-dealkylation sites (tertiary alicyclic amines) is 1. The Labute approximate surface area is 250 Å². The van der Waals surface area contributed by atoms with Crippen molar-refractivity contribution in [2.24, 2.45) is 5.92 Å². The Morgan fingerprint density at radius 1 is 0.902 bits per heavy atom. The van der Waals surface area contributed by atoms with Gasteiger partial charge in [0.1, 0.15) is 0 Å². The first-order valence-corrected chi connectivity index (χ1v) is 16.1. The van der Waals surface area contributed by atoms with Crippen molar-refractivity contribution in [2.45, 2.75) is 96.7 Å². The van der Waals surface area contributed by atoms with Crippen LogP contribution in [0.25, 0.3) is 0 Å². The summed E-state index contributed by atoms with van der Waals surface area (Å²) in [6, 6.07) is 22.6. The smallest absolute Gasteiger partial charge is 0.237 e. The fourth-order valence-corrected chi connectivity index (χ4v) is 6.22. The Morgan fingerprint density at radius 2 is 1.46 bits per heavy atom. The molecule has 2 aromatic carbocycles. The van der Waals surface area contributed by atoms with Crippen molar-refractivity contribution in [1.29, 1.82) is 0 Å². The number of rotatable bonds is 13. The lowest BCUT2D eigenvalue weighted by molar-refractivity contribution is -0.123. The van der Waals surface area contributed by atoms with Crippen molar-refractivity contribution in [2.75, 3.05) is 33.2 Å². The van der Waals surface area contributed by atoms with E-state index in [1.165, 1.54) is 68.3 Å². The van der Waals surface area contributed by atoms with Crippen molar-refractivity contribution in [1.82, 2.24) is 20.4 Å². The third kappa shape index (κ3) is 11.6. The van der Waals surface area contributed by atoms with Crippen molar-refractivity contribution in [3.63, 3.8) is 0 Å². The second-order valence-electron chi connectivity index (χ2n) is 12.2. The molecule has 1 aliphatic heterocycles. The summed E-state index contributed by atoms with van der Waals surface area (Å²) < 4.78 is 0. The third-order valence-electron chi connectivity index (χ3n) is 9.01. The van der Waals surface area contributed by atoms with Gasteiger partial charge in [0.15, 0.2) is 0 Å². The lowest BCUT2D eigenvalue weighted by atomic mass is 9.84. The van der Waals surface area contributed by atoms with Crippen LogP contribution in [0.4, 0.5) is 0 Å². The average molecular weight is 561 g/mol. The second-order valence-corrected chi connectivity index (χ2v) is 12.2. The van der Waals surface area contributed by atoms with Crippen molar-refractivity contribution < 1.29 is 4.79 Å². The fraction of sp³-hybridized carbons (Fsp3) is 0.583. The minimum Gasteiger partial charge on any atom is -0.371 e. The lowest BCUT2D eigenvalue weighted by Crippen LogP contribution is -2.46. The van der Waals surface area contributed by atoms with Crippen LogP contribution in [-0.4, -0.2) is 67.1 Å². The van der Waals surface area contributed by atoms with Gasteiger partial charge in [-0.25, -0.2) is 0 Å². The molecule has 41 heavy (non-hydrogen) atoms. The van der Waals surface area contributed by atoms with E-state index in [4.69, 9.17) is 0 Å². The topological polar surface area (TPSA) is 47.6 Å². The number of benzene rings is 2. The van der Waals surface area contributed by atoms with E-state index in [0.29, 0.717) is 18.0 Å². The summed E-state index contributed by atoms with van der Waals surface area (Å²) in [7, 11) is 1.82. The zero-order valence-corrected chi connectivity index (χ0v) is 26.3. The molecule has 4 rings (SSSR count). The quantitative estimate of drug-likeness (QED) is 0.296. The number of carbonyl (C=O) groups is 1. The highest BCUT2D eigenvalue weighted by atomic mass is 16.2. The number of likely N-dealkylation sites (N-methyl/N-ethyl adjacent to an activating group) is 1. The number of hydrogen-bond donors (Lipinski definition) is 2. The summed E-state index contributed by atoms with van der Waals surface area (Å²) in [6.07, 6.45) is 11.4. The van der Waals surface area contributed by atoms with Gasteiger partial charge in [-0.05, 0) is 83.4 Å². The van der Waals surface area contributed by atoms with E-state index >= 15 is 0 Å². The SMILES string of the molecule is C=C(C)N1CCCC1CN(CCc1ccccc1)CCc1ccccc1.CN[C@@H](C)C(=O)NC(C)C1CCCCC1. The number of hydrogen-bond acceptors (Lipinski definition) is 4. The molecule has 0 bridgehead atoms. The highest BCUT2D eigenvalue weighted by Gasteiger charge is 2.26. The molecule has 2 aliphatic rings. The molecule has 226 valence electrons. The van der Waals surface area contributed by atoms with E-state index in [1.54, 1.807) is 0 Å². The molecule has 0 aromatic heterocycles. The monoisotopic (exact) mass is 560 g/mol. The molecule has 2 aromatic rings. The van der Waals surface area contributed by atoms with Gasteiger partial charge in [0.2, 0.25) is 5.91 Å². The number of allylic oxidation sites excluding steroid dienone is 1. The van der Waals surface area contributed by atoms with Crippen LogP contribution in [0.5, 0.6) is 0 Å². The number of nitrogens with zero attached hydrogens (tertiary/aromatic N) is 2. The molecular formula is C36H56N4O. The first kappa shape index (κ1) is 32.9. The van der Waals surface area contributed by atoms with Gasteiger partial charge in [0.25, 0.3) is 0 Å². The predicted molar refractivity (Wildman–Crippen MR) is 174 cm³/mol. The third-order valence-corrected chi connectivity index (χ3v) is 9.01. The zero-order valence-electron chi connectivity index (χ0n) is 26.3. The Bertz CT molecular complexity index is 961. The molecule has 2 fully saturated rings. The summed E-state index contributed by atoms with van der Waals surface area (Å²) in [6.45, 7) is 14.9. The molecular weight excluding hydrogens is 504 g/mol. The van der Waals surface area contributed by atoms with Crippen LogP contribution in [0.2, 0.25) is 0 Å². The van der Waals surface area contributed by atoms with Crippen LogP contribution in [0.3, 0.4) is 0 Å². The molecule has 1 saturated heterocycles. The molecule has 2 unspecified atom stereocenters. The summed E-state index contributed by atoms with van der Waals surface area (Å²) in [5.41, 5.74) is 4.08. The number of amides is 1. The van der Waals surface area contributed by atoms with Gasteiger partial charge < -0.3 is 20.4 Å². The largest absolute Gasteiger partial charge is 0.371 e. The van der Waals surface area contributed by atoms with Crippen molar-refractivity contribution >= 4 is 5.91 Å². The standard InChI is InChI=1S/C24H32N2.C12H24N2O/c1-21(2)26-17-9-14-24(26)20-25(18-15-22-10-5-3-6-11-22)19-16-23-12-7-4-8-13-23;1-9(11-7-5-4-6-8-11)14-12(15)10(2)13-3/h3-8,10-13,24H,1,9,14-20H2,2H3;9-11,13H,4-8H2,1-3H3,(H,14,15)/t;9?,10-/m.0/s1. The van der Waals surface area contributed by atoms with E-state index in [9.17, 15) is 4.79 Å². The van der Waals surface area contributed by atoms with E-state index in [-0.39, 0.29) is 11.9 Å². The lowest BCUT2D eigenvalue weighted by Gasteiger charge is -2.32. The van der Waals surface area contributed by atoms with Gasteiger partial charge in [-0.15, -0.1) is 0 Å². The highest BCUT2D eigenvalue weighted by Crippen LogP contribution is 2.26. The Hall–Kier alpha value is -2.63. The molecule has 1 amide bonds. The van der Waals surface area contributed by atoms with Crippen LogP contribution in [0.15, 0.2) is 72.9 Å². The average Bonchev–Trinajstić information content (AvgIpc) is 3.48. The van der Waals surface area contributed by atoms with Crippen LogP contribution in [0.1, 0.15) is 76.8 Å². The van der Waals surface area contributed by atoms with E-state index in [2.05, 4.69) is 102 Å². The Morgan fingerprint density at radius 3 is 1.98 bits per heavy atom.